The molecule has 148 heavy (non-hydrogen) atoms. The second-order valence-electron chi connectivity index (χ2n) is 39.3. The van der Waals surface area contributed by atoms with Crippen LogP contribution in [0, 0.1) is 79.2 Å². The molecule has 4 amide bonds. The number of nitrogen functional groups attached to an aromatic ring is 1. The molecule has 0 aliphatic heterocycles. The quantitative estimate of drug-likeness (QED) is 0.00501. The third-order valence-electron chi connectivity index (χ3n) is 20.6. The van der Waals surface area contributed by atoms with Crippen molar-refractivity contribution in [2.45, 2.75) is 306 Å². The molecule has 792 valence electrons. The molecule has 4 aromatic heterocycles. The smallest absolute Gasteiger partial charge is 0.444 e. The van der Waals surface area contributed by atoms with E-state index in [1.165, 1.54) is 44.5 Å². The average Bonchev–Trinajstić information content (AvgIpc) is 1.61. The van der Waals surface area contributed by atoms with Crippen molar-refractivity contribution in [3.05, 3.63) is 202 Å². The summed E-state index contributed by atoms with van der Waals surface area (Å²) in [4.78, 5) is 84.1. The van der Waals surface area contributed by atoms with Gasteiger partial charge in [0.05, 0.1) is 73.3 Å². The van der Waals surface area contributed by atoms with Crippen molar-refractivity contribution in [2.75, 3.05) is 46.6 Å². The topological polar surface area (TPSA) is 567 Å². The Kier molecular flexibility index (Phi) is 53.1. The first-order valence-electron chi connectivity index (χ1n) is 45.9. The summed E-state index contributed by atoms with van der Waals surface area (Å²) in [7, 11) is 0. The molecule has 10 aromatic rings. The Labute approximate surface area is 923 Å². The first kappa shape index (κ1) is 133. The van der Waals surface area contributed by atoms with Gasteiger partial charge >= 0.3 is 29.6 Å². The van der Waals surface area contributed by atoms with Gasteiger partial charge in [-0.25, -0.2) is 4.68 Å². The molecule has 0 spiro atoms. The van der Waals surface area contributed by atoms with Gasteiger partial charge in [-0.3, -0.25) is 54.7 Å². The van der Waals surface area contributed by atoms with E-state index >= 15 is 0 Å². The molecule has 0 aliphatic rings. The van der Waals surface area contributed by atoms with Crippen LogP contribution < -0.4 is 76.2 Å². The summed E-state index contributed by atoms with van der Waals surface area (Å²) >= 11 is 26.1. The maximum Gasteiger partial charge on any atom is 1.00 e. The molecule has 0 unspecified atom stereocenters. The van der Waals surface area contributed by atoms with Crippen LogP contribution in [0.15, 0.2) is 139 Å². The Hall–Kier alpha value is -13.1. The zero-order valence-corrected chi connectivity index (χ0v) is 96.0. The molecule has 4 heterocycles. The number of hydrogen-bond acceptors (Lipinski definition) is 30. The van der Waals surface area contributed by atoms with Crippen LogP contribution in [0.4, 0.5) is 97.2 Å². The summed E-state index contributed by atoms with van der Waals surface area (Å²) in [6, 6.07) is 40.5. The number of carbonyl (C=O) groups is 4. The number of benzene rings is 6. The van der Waals surface area contributed by atoms with Crippen LogP contribution in [0.5, 0.6) is 0 Å². The number of nitro groups is 2. The Bertz CT molecular complexity index is 6270. The second-order valence-corrected chi connectivity index (χ2v) is 42.0. The minimum atomic E-state index is -0.612. The monoisotopic (exact) mass is 2230 g/mol. The third kappa shape index (κ3) is 38.2. The zero-order valence-electron chi connectivity index (χ0n) is 88.8. The molecule has 0 atom stereocenters. The maximum absolute atomic E-state index is 12.1. The number of nitrogens with zero attached hydrogens (tertiary/aromatic N) is 22. The van der Waals surface area contributed by atoms with E-state index in [1.54, 1.807) is 6.07 Å². The van der Waals surface area contributed by atoms with Gasteiger partial charge in [0.2, 0.25) is 35.3 Å². The zero-order chi connectivity index (χ0) is 110. The number of amides is 4. The van der Waals surface area contributed by atoms with Crippen molar-refractivity contribution in [3.8, 4) is 30.0 Å². The maximum atomic E-state index is 12.1. The molecule has 40 nitrogen and oxygen atoms in total. The van der Waals surface area contributed by atoms with E-state index in [-0.39, 0.29) is 152 Å². The van der Waals surface area contributed by atoms with E-state index in [9.17, 15) is 55.2 Å². The van der Waals surface area contributed by atoms with Crippen molar-refractivity contribution < 1.29 is 58.6 Å². The van der Waals surface area contributed by atoms with Crippen molar-refractivity contribution in [3.63, 3.8) is 0 Å². The van der Waals surface area contributed by atoms with Gasteiger partial charge in [-0.15, -0.1) is 36.0 Å². The molecular weight excluding hydrogens is 2100 g/mol. The average molecular weight is 2240 g/mol. The van der Waals surface area contributed by atoms with Gasteiger partial charge in [-0.1, -0.05) is 150 Å². The van der Waals surface area contributed by atoms with Crippen molar-refractivity contribution in [1.29, 1.82) is 21.0 Å². The Morgan fingerprint density at radius 2 is 0.716 bits per heavy atom. The number of nitrogens with two attached hydrogens (primary N) is 1. The second kappa shape index (κ2) is 59.2. The van der Waals surface area contributed by atoms with E-state index in [2.05, 4.69) is 242 Å². The Balaban J connectivity index is 0.000000923. The normalized spacial score (nSPS) is 11.1. The van der Waals surface area contributed by atoms with Crippen LogP contribution >= 0.6 is 69.0 Å². The minimum Gasteiger partial charge on any atom is -0.444 e. The first-order valence-corrected chi connectivity index (χ1v) is 48.5. The largest absolute Gasteiger partial charge is 1.00 e. The summed E-state index contributed by atoms with van der Waals surface area (Å²) in [5, 5.41) is 131. The number of hydrogen-bond donors (Lipinski definition) is 8. The van der Waals surface area contributed by atoms with Gasteiger partial charge in [0.15, 0.2) is 11.6 Å². The number of non-ortho nitro benzene ring substituents is 2. The molecule has 6 aromatic carbocycles. The van der Waals surface area contributed by atoms with Gasteiger partial charge in [0, 0.05) is 150 Å². The molecule has 9 N–H and O–H groups in total. The van der Waals surface area contributed by atoms with Crippen LogP contribution in [0.1, 0.15) is 281 Å². The molecule has 0 aliphatic carbocycles. The van der Waals surface area contributed by atoms with E-state index in [1.807, 2.05) is 178 Å². The number of rotatable bonds is 25. The summed E-state index contributed by atoms with van der Waals surface area (Å²) in [5.41, 5.74) is 15.6. The van der Waals surface area contributed by atoms with E-state index < -0.39 is 15.3 Å². The SMILES string of the molecule is C.C.CC(=O)Nc1cc(N(C(C)C)C(C)C)ccc1N=Nc1c(C#N)c(C(C)(C)C)nn1-c1c(Cl)cc([N+](=O)[O-])cc1Cl.CC(=O)Nc1cc(N(C(C)C)C(C)C)ccc1N=Nc1n[nH]c(C(C)(C)C)c1C#N.CC(=O)Nc1cc(N(C(C)C)C(C)C)ccc1N=Nc1n[nH]c(C(C)(C)C)c1C#N.CC(=O)Nc1cccc(N(C(C)C)C(C)C)c1.CC(C)(C)c1[nH]nc(N)c1C#N.O=N[O-].O=[N+]([O-])c1cc(Cl)c(I)c(Cl)c1.[Na+]. The standard InChI is InChI=1S/C28H32Cl2N8O3.2C22H31N7O.C14H22N2O.C8H12N4.C6H2Cl2INO2.2CH4.HNO2.Na/c1-15(2)36(16(3)4)18-9-10-23(24(13-18)32-17(5)39)33-34-27-20(14-31)26(28(6,7)8)35-37(27)25-21(29)11-19(38(40)41)12-22(25)30;2*1-13(2)29(14(3)4)16-9-10-18(19(11-16)24-15(5)30)25-27-21-17(12-23)20(26-28-21)22(6,7)8;1-10(2)16(11(3)4)14-8-6-7-13(9-14)15-12(5)17;1-8(2,3)6-5(4-9)7(10)12-11-6;7-4-1-3(10(11)12)2-5(8)6(4)9;;;2-1-3;/h9-13,15-16H,1-8H3,(H,32,39);2*9-11,13-14H,1-8H3,(H,24,30)(H,26,28);6-11H,1-5H3,(H,15,17);1-3H3,(H3,10,11,12);1-2H;2*1H4;(H,2,3);/q;;;;;;;;;+1/p-1. The number of carbonyl (C=O) groups excluding carboxylic acids is 4. The summed E-state index contributed by atoms with van der Waals surface area (Å²) in [6.45, 7) is 63.4. The molecule has 0 bridgehead atoms. The minimum absolute atomic E-state index is 0. The summed E-state index contributed by atoms with van der Waals surface area (Å²) < 4.78 is 1.89. The number of H-pyrrole nitrogens is 3. The number of azo groups is 3. The van der Waals surface area contributed by atoms with E-state index in [0.717, 1.165) is 51.6 Å². The van der Waals surface area contributed by atoms with Gasteiger partial charge in [0.1, 0.15) is 69.3 Å². The van der Waals surface area contributed by atoms with Gasteiger partial charge in [-0.05, 0) is 206 Å². The van der Waals surface area contributed by atoms with Gasteiger partial charge in [-0.2, -0.15) is 41.4 Å². The number of nitrogens with one attached hydrogen (secondary N) is 7. The van der Waals surface area contributed by atoms with Crippen molar-refractivity contribution in [1.82, 2.24) is 40.4 Å². The fraction of sp³-hybridized carbons (Fsp3) is 0.451. The number of halogens is 5. The van der Waals surface area contributed by atoms with Crippen LogP contribution in [0.3, 0.4) is 0 Å². The molecule has 0 saturated heterocycles. The number of anilines is 9. The fourth-order valence-electron chi connectivity index (χ4n) is 15.1. The Morgan fingerprint density at radius 3 is 0.986 bits per heavy atom. The molecule has 46 heteroatoms. The van der Waals surface area contributed by atoms with Crippen molar-refractivity contribution in [2.24, 2.45) is 36.0 Å². The van der Waals surface area contributed by atoms with Gasteiger partial charge in [0.25, 0.3) is 11.4 Å². The number of nitro benzene ring substituents is 2. The number of aromatic amines is 3. The summed E-state index contributed by atoms with van der Waals surface area (Å²) in [5.74, 6) is 0.0385. The molecule has 0 fully saturated rings. The molecule has 0 radical (unpaired) electrons. The summed E-state index contributed by atoms with van der Waals surface area (Å²) in [6.07, 6.45) is 0. The Morgan fingerprint density at radius 1 is 0.432 bits per heavy atom. The molecular formula is C102H138Cl4IN30NaO10. The van der Waals surface area contributed by atoms with Crippen molar-refractivity contribution >= 4 is 190 Å². The number of nitriles is 4. The fourth-order valence-corrected chi connectivity index (χ4v) is 16.5. The van der Waals surface area contributed by atoms with E-state index in [0.29, 0.717) is 118 Å². The number of aromatic nitrogens is 8. The van der Waals surface area contributed by atoms with Crippen LogP contribution in [-0.2, 0) is 40.8 Å². The van der Waals surface area contributed by atoms with Crippen LogP contribution in [-0.4, -0.2) is 122 Å². The van der Waals surface area contributed by atoms with Crippen LogP contribution in [0.25, 0.3) is 5.69 Å². The first-order chi connectivity index (χ1) is 67.3. The predicted octanol–water partition coefficient (Wildman–Crippen LogP) is 25.9. The predicted molar refractivity (Wildman–Crippen MR) is 599 cm³/mol. The van der Waals surface area contributed by atoms with Gasteiger partial charge < -0.3 is 56.7 Å². The molecule has 10 rings (SSSR count). The third-order valence-corrected chi connectivity index (χ3v) is 23.6. The van der Waals surface area contributed by atoms with Crippen LogP contribution in [0.2, 0.25) is 20.1 Å². The van der Waals surface area contributed by atoms with E-state index in [4.69, 9.17) is 67.5 Å². The molecule has 0 saturated carbocycles.